The predicted octanol–water partition coefficient (Wildman–Crippen LogP) is 2.45. The fourth-order valence-electron chi connectivity index (χ4n) is 2.79. The van der Waals surface area contributed by atoms with Gasteiger partial charge in [-0.05, 0) is 41.3 Å². The number of hydrogen-bond donors (Lipinski definition) is 2. The summed E-state index contributed by atoms with van der Waals surface area (Å²) in [6.45, 7) is 0.557. The number of rotatable bonds is 5. The molecule has 3 rings (SSSR count). The number of nitrogens with one attached hydrogen (secondary N) is 2. The van der Waals surface area contributed by atoms with Crippen molar-refractivity contribution in [1.82, 2.24) is 15.2 Å². The molecule has 0 atom stereocenters. The van der Waals surface area contributed by atoms with E-state index in [0.29, 0.717) is 17.7 Å². The SMILES string of the molecule is CNC(=O)c1cccc(CNC(=O)c2ccc3ccn(CC#N)c3c2)c1. The average molecular weight is 346 g/mol. The topological polar surface area (TPSA) is 86.9 Å². The summed E-state index contributed by atoms with van der Waals surface area (Å²) in [6, 6.07) is 16.5. The Hall–Kier alpha value is -3.59. The molecule has 130 valence electrons. The van der Waals surface area contributed by atoms with E-state index in [1.807, 2.05) is 24.4 Å². The Labute approximate surface area is 151 Å². The Morgan fingerprint density at radius 2 is 1.88 bits per heavy atom. The minimum Gasteiger partial charge on any atom is -0.355 e. The summed E-state index contributed by atoms with van der Waals surface area (Å²) in [5, 5.41) is 15.3. The van der Waals surface area contributed by atoms with E-state index in [1.165, 1.54) is 0 Å². The van der Waals surface area contributed by atoms with Crippen molar-refractivity contribution in [3.8, 4) is 6.07 Å². The maximum Gasteiger partial charge on any atom is 0.251 e. The first-order valence-corrected chi connectivity index (χ1v) is 8.17. The maximum absolute atomic E-state index is 12.5. The fraction of sp³-hybridized carbons (Fsp3) is 0.150. The van der Waals surface area contributed by atoms with Gasteiger partial charge in [0.2, 0.25) is 0 Å². The van der Waals surface area contributed by atoms with Crippen LogP contribution in [0, 0.1) is 11.3 Å². The molecule has 26 heavy (non-hydrogen) atoms. The lowest BCUT2D eigenvalue weighted by Gasteiger charge is -2.08. The third kappa shape index (κ3) is 3.57. The van der Waals surface area contributed by atoms with Crippen molar-refractivity contribution in [2.24, 2.45) is 0 Å². The van der Waals surface area contributed by atoms with Gasteiger partial charge >= 0.3 is 0 Å². The van der Waals surface area contributed by atoms with Gasteiger partial charge in [-0.25, -0.2) is 0 Å². The summed E-state index contributed by atoms with van der Waals surface area (Å²) < 4.78 is 1.80. The molecule has 0 aliphatic heterocycles. The largest absolute Gasteiger partial charge is 0.355 e. The van der Waals surface area contributed by atoms with Crippen LogP contribution in [0.5, 0.6) is 0 Å². The standard InChI is InChI=1S/C20H18N4O2/c1-22-19(25)16-4-2-3-14(11-16)13-23-20(26)17-6-5-15-7-9-24(10-8-21)18(15)12-17/h2-7,9,11-12H,10,13H2,1H3,(H,22,25)(H,23,26). The minimum atomic E-state index is -0.207. The van der Waals surface area contributed by atoms with E-state index in [4.69, 9.17) is 5.26 Å². The summed E-state index contributed by atoms with van der Waals surface area (Å²) >= 11 is 0. The van der Waals surface area contributed by atoms with Crippen LogP contribution >= 0.6 is 0 Å². The monoisotopic (exact) mass is 346 g/mol. The van der Waals surface area contributed by atoms with Crippen molar-refractivity contribution in [3.05, 3.63) is 71.4 Å². The molecule has 6 nitrogen and oxygen atoms in total. The number of nitrogens with zero attached hydrogens (tertiary/aromatic N) is 2. The highest BCUT2D eigenvalue weighted by Gasteiger charge is 2.09. The molecule has 2 N–H and O–H groups in total. The molecule has 0 unspecified atom stereocenters. The first-order valence-electron chi connectivity index (χ1n) is 8.17. The molecule has 6 heteroatoms. The quantitative estimate of drug-likeness (QED) is 0.744. The van der Waals surface area contributed by atoms with Gasteiger partial charge in [0.05, 0.1) is 6.07 Å². The van der Waals surface area contributed by atoms with Gasteiger partial charge in [0.25, 0.3) is 11.8 Å². The molecule has 1 heterocycles. The fourth-order valence-corrected chi connectivity index (χ4v) is 2.79. The lowest BCUT2D eigenvalue weighted by atomic mass is 10.1. The lowest BCUT2D eigenvalue weighted by Crippen LogP contribution is -2.23. The van der Waals surface area contributed by atoms with Crippen LogP contribution in [-0.4, -0.2) is 23.4 Å². The van der Waals surface area contributed by atoms with Crippen LogP contribution in [-0.2, 0) is 13.1 Å². The van der Waals surface area contributed by atoms with Gasteiger partial charge < -0.3 is 15.2 Å². The van der Waals surface area contributed by atoms with Gasteiger partial charge in [0.15, 0.2) is 0 Å². The zero-order valence-corrected chi connectivity index (χ0v) is 14.3. The molecule has 0 spiro atoms. The molecule has 2 aromatic carbocycles. The van der Waals surface area contributed by atoms with Gasteiger partial charge in [-0.2, -0.15) is 5.26 Å². The van der Waals surface area contributed by atoms with Gasteiger partial charge in [0.1, 0.15) is 6.54 Å². The van der Waals surface area contributed by atoms with Crippen LogP contribution in [0.4, 0.5) is 0 Å². The van der Waals surface area contributed by atoms with Crippen LogP contribution in [0.1, 0.15) is 26.3 Å². The summed E-state index contributed by atoms with van der Waals surface area (Å²) in [7, 11) is 1.58. The van der Waals surface area contributed by atoms with Crippen molar-refractivity contribution < 1.29 is 9.59 Å². The van der Waals surface area contributed by atoms with Gasteiger partial charge in [-0.3, -0.25) is 9.59 Å². The maximum atomic E-state index is 12.5. The molecule has 3 aromatic rings. The number of hydrogen-bond acceptors (Lipinski definition) is 3. The van der Waals surface area contributed by atoms with Crippen molar-refractivity contribution in [2.45, 2.75) is 13.1 Å². The van der Waals surface area contributed by atoms with E-state index >= 15 is 0 Å². The Bertz CT molecular complexity index is 1010. The predicted molar refractivity (Wildman–Crippen MR) is 98.6 cm³/mol. The first kappa shape index (κ1) is 17.2. The van der Waals surface area contributed by atoms with Crippen LogP contribution in [0.25, 0.3) is 10.9 Å². The van der Waals surface area contributed by atoms with Crippen molar-refractivity contribution in [1.29, 1.82) is 5.26 Å². The minimum absolute atomic E-state index is 0.165. The van der Waals surface area contributed by atoms with Gasteiger partial charge in [-0.1, -0.05) is 18.2 Å². The second kappa shape index (κ2) is 7.53. The van der Waals surface area contributed by atoms with E-state index in [0.717, 1.165) is 16.5 Å². The molecule has 1 aromatic heterocycles. The number of aromatic nitrogens is 1. The van der Waals surface area contributed by atoms with Gasteiger partial charge in [-0.15, -0.1) is 0 Å². The van der Waals surface area contributed by atoms with Crippen LogP contribution in [0.2, 0.25) is 0 Å². The van der Waals surface area contributed by atoms with Crippen molar-refractivity contribution in [3.63, 3.8) is 0 Å². The number of amides is 2. The highest BCUT2D eigenvalue weighted by molar-refractivity contribution is 5.98. The normalized spacial score (nSPS) is 10.3. The number of fused-ring (bicyclic) bond motifs is 1. The average Bonchev–Trinajstić information content (AvgIpc) is 3.08. The molecule has 0 saturated heterocycles. The molecule has 2 amide bonds. The first-order chi connectivity index (χ1) is 12.6. The van der Waals surface area contributed by atoms with Crippen LogP contribution in [0.3, 0.4) is 0 Å². The molecule has 0 aliphatic rings. The highest BCUT2D eigenvalue weighted by Crippen LogP contribution is 2.18. The van der Waals surface area contributed by atoms with Crippen molar-refractivity contribution in [2.75, 3.05) is 7.05 Å². The van der Waals surface area contributed by atoms with E-state index in [1.54, 1.807) is 41.9 Å². The molecule has 0 bridgehead atoms. The number of nitriles is 1. The Kier molecular flexibility index (Phi) is 4.99. The number of benzene rings is 2. The second-order valence-corrected chi connectivity index (χ2v) is 5.84. The van der Waals surface area contributed by atoms with Crippen LogP contribution in [0.15, 0.2) is 54.7 Å². The van der Waals surface area contributed by atoms with Crippen molar-refractivity contribution >= 4 is 22.7 Å². The number of carbonyl (C=O) groups is 2. The van der Waals surface area contributed by atoms with E-state index in [9.17, 15) is 9.59 Å². The molecule has 0 fully saturated rings. The summed E-state index contributed by atoms with van der Waals surface area (Å²) in [6.07, 6.45) is 1.83. The molecule has 0 saturated carbocycles. The highest BCUT2D eigenvalue weighted by atomic mass is 16.2. The summed E-state index contributed by atoms with van der Waals surface area (Å²) in [5.74, 6) is -0.371. The van der Waals surface area contributed by atoms with Crippen LogP contribution < -0.4 is 10.6 Å². The lowest BCUT2D eigenvalue weighted by molar-refractivity contribution is 0.0948. The third-order valence-electron chi connectivity index (χ3n) is 4.15. The second-order valence-electron chi connectivity index (χ2n) is 5.84. The van der Waals surface area contributed by atoms with E-state index < -0.39 is 0 Å². The Morgan fingerprint density at radius 1 is 1.08 bits per heavy atom. The Morgan fingerprint density at radius 3 is 2.65 bits per heavy atom. The molecule has 0 aliphatic carbocycles. The zero-order valence-electron chi connectivity index (χ0n) is 14.3. The zero-order chi connectivity index (χ0) is 18.5. The van der Waals surface area contributed by atoms with Gasteiger partial charge in [0, 0.05) is 36.4 Å². The molecular formula is C20H18N4O2. The molecular weight excluding hydrogens is 328 g/mol. The number of carbonyl (C=O) groups excluding carboxylic acids is 2. The Balaban J connectivity index is 1.74. The smallest absolute Gasteiger partial charge is 0.251 e. The third-order valence-corrected chi connectivity index (χ3v) is 4.15. The summed E-state index contributed by atoms with van der Waals surface area (Å²) in [5.41, 5.74) is 2.77. The molecule has 0 radical (unpaired) electrons. The van der Waals surface area contributed by atoms with E-state index in [-0.39, 0.29) is 18.4 Å². The summed E-state index contributed by atoms with van der Waals surface area (Å²) in [4.78, 5) is 24.1. The van der Waals surface area contributed by atoms with E-state index in [2.05, 4.69) is 16.7 Å².